The van der Waals surface area contributed by atoms with Gasteiger partial charge >= 0.3 is 6.03 Å². The minimum atomic E-state index is -0.155. The quantitative estimate of drug-likeness (QED) is 0.802. The van der Waals surface area contributed by atoms with Gasteiger partial charge < -0.3 is 10.1 Å². The van der Waals surface area contributed by atoms with E-state index in [1.807, 2.05) is 13.1 Å². The maximum absolute atomic E-state index is 12.8. The number of ether oxygens (including phenoxy) is 1. The van der Waals surface area contributed by atoms with E-state index < -0.39 is 0 Å². The molecule has 28 heavy (non-hydrogen) atoms. The van der Waals surface area contributed by atoms with Crippen LogP contribution in [0.3, 0.4) is 0 Å². The molecule has 1 aliphatic heterocycles. The Morgan fingerprint density at radius 1 is 1.25 bits per heavy atom. The Hall–Kier alpha value is -2.38. The Bertz CT molecular complexity index is 820. The third-order valence-corrected chi connectivity index (χ3v) is 5.85. The van der Waals surface area contributed by atoms with E-state index in [4.69, 9.17) is 4.74 Å². The molecule has 1 aromatic carbocycles. The van der Waals surface area contributed by atoms with Crippen LogP contribution in [0.15, 0.2) is 30.3 Å². The molecule has 2 atom stereocenters. The van der Waals surface area contributed by atoms with Gasteiger partial charge in [0.25, 0.3) is 0 Å². The summed E-state index contributed by atoms with van der Waals surface area (Å²) in [6.07, 6.45) is 3.10. The van der Waals surface area contributed by atoms with Crippen molar-refractivity contribution >= 4 is 11.8 Å². The molecule has 7 nitrogen and oxygen atoms in total. The SMILES string of the molecule is COCCN1C[C@H](NC(=O)Nc2c3c(nn2C)CCC3)[C@@H](c2ccccc2)C1. The lowest BCUT2D eigenvalue weighted by molar-refractivity contribution is 0.159. The molecule has 150 valence electrons. The molecular weight excluding hydrogens is 354 g/mol. The largest absolute Gasteiger partial charge is 0.383 e. The van der Waals surface area contributed by atoms with E-state index in [0.717, 1.165) is 50.4 Å². The van der Waals surface area contributed by atoms with Crippen molar-refractivity contribution in [1.29, 1.82) is 0 Å². The van der Waals surface area contributed by atoms with Gasteiger partial charge in [0.2, 0.25) is 0 Å². The van der Waals surface area contributed by atoms with Crippen LogP contribution >= 0.6 is 0 Å². The summed E-state index contributed by atoms with van der Waals surface area (Å²) in [7, 11) is 3.61. The number of benzene rings is 1. The van der Waals surface area contributed by atoms with Crippen molar-refractivity contribution in [2.45, 2.75) is 31.2 Å². The van der Waals surface area contributed by atoms with Gasteiger partial charge in [-0.15, -0.1) is 0 Å². The summed E-state index contributed by atoms with van der Waals surface area (Å²) in [5.41, 5.74) is 3.56. The number of amides is 2. The molecule has 0 bridgehead atoms. The summed E-state index contributed by atoms with van der Waals surface area (Å²) in [4.78, 5) is 15.2. The number of nitrogens with zero attached hydrogens (tertiary/aromatic N) is 3. The first-order chi connectivity index (χ1) is 13.7. The van der Waals surface area contributed by atoms with Gasteiger partial charge in [-0.25, -0.2) is 4.79 Å². The zero-order valence-electron chi connectivity index (χ0n) is 16.6. The molecule has 1 fully saturated rings. The molecule has 1 saturated heterocycles. The van der Waals surface area contributed by atoms with Gasteiger partial charge in [0.15, 0.2) is 0 Å². The van der Waals surface area contributed by atoms with E-state index in [9.17, 15) is 4.79 Å². The molecule has 2 aromatic rings. The summed E-state index contributed by atoms with van der Waals surface area (Å²) in [5, 5.41) is 10.8. The number of anilines is 1. The Labute approximate surface area is 166 Å². The fraction of sp³-hybridized carbons (Fsp3) is 0.524. The first-order valence-electron chi connectivity index (χ1n) is 10.0. The van der Waals surface area contributed by atoms with E-state index in [1.54, 1.807) is 11.8 Å². The average molecular weight is 383 g/mol. The van der Waals surface area contributed by atoms with Crippen LogP contribution < -0.4 is 10.6 Å². The van der Waals surface area contributed by atoms with Crippen molar-refractivity contribution in [2.24, 2.45) is 7.05 Å². The number of nitrogens with one attached hydrogen (secondary N) is 2. The fourth-order valence-corrected chi connectivity index (χ4v) is 4.46. The summed E-state index contributed by atoms with van der Waals surface area (Å²) < 4.78 is 7.03. The van der Waals surface area contributed by atoms with Crippen LogP contribution in [-0.4, -0.2) is 60.1 Å². The van der Waals surface area contributed by atoms with E-state index in [-0.39, 0.29) is 18.0 Å². The molecule has 2 amide bonds. The molecule has 7 heteroatoms. The third kappa shape index (κ3) is 3.91. The molecule has 2 N–H and O–H groups in total. The number of hydrogen-bond donors (Lipinski definition) is 2. The van der Waals surface area contributed by atoms with E-state index in [2.05, 4.69) is 44.9 Å². The van der Waals surface area contributed by atoms with Crippen LogP contribution in [0.4, 0.5) is 10.6 Å². The van der Waals surface area contributed by atoms with Crippen LogP contribution in [0, 0.1) is 0 Å². The minimum absolute atomic E-state index is 0.0560. The highest BCUT2D eigenvalue weighted by Crippen LogP contribution is 2.29. The minimum Gasteiger partial charge on any atom is -0.383 e. The first-order valence-corrected chi connectivity index (χ1v) is 10.0. The lowest BCUT2D eigenvalue weighted by Crippen LogP contribution is -2.42. The monoisotopic (exact) mass is 383 g/mol. The molecular formula is C21H29N5O2. The number of aromatic nitrogens is 2. The van der Waals surface area contributed by atoms with Gasteiger partial charge in [0.05, 0.1) is 18.3 Å². The number of methoxy groups -OCH3 is 1. The number of urea groups is 1. The van der Waals surface area contributed by atoms with Gasteiger partial charge in [-0.05, 0) is 24.8 Å². The number of likely N-dealkylation sites (tertiary alicyclic amines) is 1. The summed E-state index contributed by atoms with van der Waals surface area (Å²) in [6.45, 7) is 3.30. The van der Waals surface area contributed by atoms with Crippen molar-refractivity contribution in [3.8, 4) is 0 Å². The van der Waals surface area contributed by atoms with Gasteiger partial charge in [-0.3, -0.25) is 14.9 Å². The second-order valence-electron chi connectivity index (χ2n) is 7.73. The zero-order chi connectivity index (χ0) is 19.5. The molecule has 0 radical (unpaired) electrons. The Kier molecular flexibility index (Phi) is 5.64. The van der Waals surface area contributed by atoms with Crippen LogP contribution in [0.2, 0.25) is 0 Å². The highest BCUT2D eigenvalue weighted by molar-refractivity contribution is 5.89. The Morgan fingerprint density at radius 2 is 2.07 bits per heavy atom. The Morgan fingerprint density at radius 3 is 2.86 bits per heavy atom. The van der Waals surface area contributed by atoms with E-state index in [0.29, 0.717) is 6.61 Å². The van der Waals surface area contributed by atoms with Crippen molar-refractivity contribution in [1.82, 2.24) is 20.0 Å². The molecule has 4 rings (SSSR count). The van der Waals surface area contributed by atoms with Crippen LogP contribution in [-0.2, 0) is 24.6 Å². The molecule has 2 heterocycles. The second kappa shape index (κ2) is 8.32. The van der Waals surface area contributed by atoms with Gasteiger partial charge in [0, 0.05) is 45.3 Å². The smallest absolute Gasteiger partial charge is 0.320 e. The molecule has 0 unspecified atom stereocenters. The van der Waals surface area contributed by atoms with Gasteiger partial charge in [-0.2, -0.15) is 5.10 Å². The van der Waals surface area contributed by atoms with Crippen LogP contribution in [0.25, 0.3) is 0 Å². The van der Waals surface area contributed by atoms with Crippen molar-refractivity contribution in [2.75, 3.05) is 38.7 Å². The summed E-state index contributed by atoms with van der Waals surface area (Å²) in [6, 6.07) is 10.3. The lowest BCUT2D eigenvalue weighted by Gasteiger charge is -2.21. The molecule has 0 spiro atoms. The van der Waals surface area contributed by atoms with Gasteiger partial charge in [0.1, 0.15) is 5.82 Å². The standard InChI is InChI=1S/C21H29N5O2/c1-25-20(16-9-6-10-18(16)24-25)23-21(27)22-19-14-26(11-12-28-2)13-17(19)15-7-4-3-5-8-15/h3-5,7-8,17,19H,6,9-14H2,1-2H3,(H2,22,23,27)/t17-,19+/m1/s1. The lowest BCUT2D eigenvalue weighted by atomic mass is 9.94. The second-order valence-corrected chi connectivity index (χ2v) is 7.73. The van der Waals surface area contributed by atoms with Crippen LogP contribution in [0.1, 0.15) is 29.2 Å². The number of fused-ring (bicyclic) bond motifs is 1. The number of aryl methyl sites for hydroxylation is 2. The first kappa shape index (κ1) is 19.0. The maximum atomic E-state index is 12.8. The molecule has 1 aromatic heterocycles. The maximum Gasteiger partial charge on any atom is 0.320 e. The van der Waals surface area contributed by atoms with E-state index >= 15 is 0 Å². The highest BCUT2D eigenvalue weighted by Gasteiger charge is 2.35. The summed E-state index contributed by atoms with van der Waals surface area (Å²) in [5.74, 6) is 1.09. The molecule has 2 aliphatic rings. The Balaban J connectivity index is 1.46. The highest BCUT2D eigenvalue weighted by atomic mass is 16.5. The molecule has 1 aliphatic carbocycles. The predicted molar refractivity (Wildman–Crippen MR) is 109 cm³/mol. The number of carbonyl (C=O) groups is 1. The fourth-order valence-electron chi connectivity index (χ4n) is 4.46. The summed E-state index contributed by atoms with van der Waals surface area (Å²) >= 11 is 0. The topological polar surface area (TPSA) is 71.4 Å². The predicted octanol–water partition coefficient (Wildman–Crippen LogP) is 2.14. The third-order valence-electron chi connectivity index (χ3n) is 5.85. The number of rotatable bonds is 6. The van der Waals surface area contributed by atoms with E-state index in [1.165, 1.54) is 11.1 Å². The average Bonchev–Trinajstić information content (AvgIpc) is 3.38. The zero-order valence-corrected chi connectivity index (χ0v) is 16.6. The van der Waals surface area contributed by atoms with Crippen molar-refractivity contribution < 1.29 is 9.53 Å². The van der Waals surface area contributed by atoms with Crippen molar-refractivity contribution in [3.05, 3.63) is 47.2 Å². The van der Waals surface area contributed by atoms with Crippen LogP contribution in [0.5, 0.6) is 0 Å². The number of hydrogen-bond acceptors (Lipinski definition) is 4. The molecule has 0 saturated carbocycles. The van der Waals surface area contributed by atoms with Crippen molar-refractivity contribution in [3.63, 3.8) is 0 Å². The normalized spacial score (nSPS) is 21.6. The number of carbonyl (C=O) groups excluding carboxylic acids is 1. The van der Waals surface area contributed by atoms with Gasteiger partial charge in [-0.1, -0.05) is 30.3 Å².